The van der Waals surface area contributed by atoms with Crippen LogP contribution in [0.15, 0.2) is 30.3 Å². The van der Waals surface area contributed by atoms with Crippen LogP contribution in [0.3, 0.4) is 0 Å². The van der Waals surface area contributed by atoms with Gasteiger partial charge >= 0.3 is 5.97 Å². The number of hydrogen-bond donors (Lipinski definition) is 1. The molecule has 0 radical (unpaired) electrons. The minimum atomic E-state index is -0.695. The third-order valence-electron chi connectivity index (χ3n) is 5.35. The number of aliphatic hydroxyl groups excluding tert-OH is 1. The van der Waals surface area contributed by atoms with Gasteiger partial charge in [-0.05, 0) is 37.7 Å². The second-order valence-electron chi connectivity index (χ2n) is 6.88. The second-order valence-corrected chi connectivity index (χ2v) is 6.88. The third-order valence-corrected chi connectivity index (χ3v) is 5.35. The van der Waals surface area contributed by atoms with Gasteiger partial charge in [-0.25, -0.2) is 0 Å². The number of aliphatic hydroxyl groups is 1. The summed E-state index contributed by atoms with van der Waals surface area (Å²) in [6.45, 7) is 2.00. The van der Waals surface area contributed by atoms with Crippen LogP contribution < -0.4 is 0 Å². The standard InChI is InChI=1S/C19H24O4/c1-2-15(13-6-4-3-5-7-13)17-16(21)12-19(23-18(17)22)10-8-14(20)9-11-19/h3-7,14-15,17,20H,2,8-12H2,1H3. The number of esters is 1. The molecule has 0 amide bonds. The van der Waals surface area contributed by atoms with Crippen LogP contribution in [0.1, 0.15) is 56.9 Å². The Labute approximate surface area is 136 Å². The molecule has 1 aromatic rings. The first kappa shape index (κ1) is 16.2. The quantitative estimate of drug-likeness (QED) is 0.688. The Balaban J connectivity index is 1.80. The average Bonchev–Trinajstić information content (AvgIpc) is 2.55. The van der Waals surface area contributed by atoms with Gasteiger partial charge in [0.05, 0.1) is 6.10 Å². The van der Waals surface area contributed by atoms with Crippen LogP contribution in [-0.2, 0) is 14.3 Å². The van der Waals surface area contributed by atoms with Gasteiger partial charge < -0.3 is 9.84 Å². The summed E-state index contributed by atoms with van der Waals surface area (Å²) in [4.78, 5) is 25.4. The molecule has 124 valence electrons. The summed E-state index contributed by atoms with van der Waals surface area (Å²) in [6, 6.07) is 9.73. The van der Waals surface area contributed by atoms with Gasteiger partial charge in [0.25, 0.3) is 0 Å². The molecule has 1 aliphatic heterocycles. The molecule has 1 saturated heterocycles. The van der Waals surface area contributed by atoms with Crippen molar-refractivity contribution in [3.05, 3.63) is 35.9 Å². The fourth-order valence-electron chi connectivity index (χ4n) is 4.03. The summed E-state index contributed by atoms with van der Waals surface area (Å²) in [5.41, 5.74) is 0.346. The van der Waals surface area contributed by atoms with Crippen LogP contribution in [0.4, 0.5) is 0 Å². The van der Waals surface area contributed by atoms with E-state index in [1.165, 1.54) is 0 Å². The van der Waals surface area contributed by atoms with Crippen LogP contribution in [0.2, 0.25) is 0 Å². The van der Waals surface area contributed by atoms with E-state index in [1.54, 1.807) is 0 Å². The van der Waals surface area contributed by atoms with Gasteiger partial charge in [-0.15, -0.1) is 0 Å². The van der Waals surface area contributed by atoms with Gasteiger partial charge in [-0.2, -0.15) is 0 Å². The van der Waals surface area contributed by atoms with Gasteiger partial charge in [0, 0.05) is 12.3 Å². The molecule has 2 unspecified atom stereocenters. The highest BCUT2D eigenvalue weighted by Crippen LogP contribution is 2.43. The predicted molar refractivity (Wildman–Crippen MR) is 85.9 cm³/mol. The maximum Gasteiger partial charge on any atom is 0.317 e. The smallest absolute Gasteiger partial charge is 0.317 e. The molecule has 0 bridgehead atoms. The molecule has 3 rings (SSSR count). The third kappa shape index (κ3) is 3.18. The van der Waals surface area contributed by atoms with Gasteiger partial charge in [-0.1, -0.05) is 37.3 Å². The lowest BCUT2D eigenvalue weighted by Gasteiger charge is -2.43. The van der Waals surface area contributed by atoms with Crippen molar-refractivity contribution < 1.29 is 19.4 Å². The predicted octanol–water partition coefficient (Wildman–Crippen LogP) is 2.99. The van der Waals surface area contributed by atoms with Gasteiger partial charge in [0.15, 0.2) is 5.78 Å². The fraction of sp³-hybridized carbons (Fsp3) is 0.579. The second kappa shape index (κ2) is 6.44. The number of ether oxygens (including phenoxy) is 1. The largest absolute Gasteiger partial charge is 0.458 e. The van der Waals surface area contributed by atoms with Crippen LogP contribution in [-0.4, -0.2) is 28.6 Å². The number of benzene rings is 1. The first-order chi connectivity index (χ1) is 11.0. The minimum Gasteiger partial charge on any atom is -0.458 e. The zero-order valence-electron chi connectivity index (χ0n) is 13.5. The van der Waals surface area contributed by atoms with Crippen molar-refractivity contribution in [3.63, 3.8) is 0 Å². The van der Waals surface area contributed by atoms with Gasteiger partial charge in [-0.3, -0.25) is 9.59 Å². The zero-order chi connectivity index (χ0) is 16.4. The Hall–Kier alpha value is -1.68. The van der Waals surface area contributed by atoms with Gasteiger partial charge in [0.2, 0.25) is 0 Å². The van der Waals surface area contributed by atoms with Crippen molar-refractivity contribution in [3.8, 4) is 0 Å². The highest BCUT2D eigenvalue weighted by Gasteiger charge is 2.50. The van der Waals surface area contributed by atoms with E-state index >= 15 is 0 Å². The number of hydrogen-bond acceptors (Lipinski definition) is 4. The highest BCUT2D eigenvalue weighted by molar-refractivity contribution is 6.02. The van der Waals surface area contributed by atoms with Crippen LogP contribution in [0, 0.1) is 5.92 Å². The molecular weight excluding hydrogens is 292 g/mol. The Morgan fingerprint density at radius 2 is 1.87 bits per heavy atom. The number of Topliss-reactive ketones (excluding diaryl/α,β-unsaturated/α-hetero) is 1. The Morgan fingerprint density at radius 3 is 2.43 bits per heavy atom. The van der Waals surface area contributed by atoms with Crippen molar-refractivity contribution in [2.75, 3.05) is 0 Å². The molecule has 23 heavy (non-hydrogen) atoms. The molecular formula is C19H24O4. The molecule has 1 N–H and O–H groups in total. The summed E-state index contributed by atoms with van der Waals surface area (Å²) >= 11 is 0. The van der Waals surface area contributed by atoms with E-state index < -0.39 is 11.5 Å². The first-order valence-corrected chi connectivity index (χ1v) is 8.53. The number of ketones is 1. The van der Waals surface area contributed by atoms with Crippen LogP contribution in [0.5, 0.6) is 0 Å². The van der Waals surface area contributed by atoms with Crippen molar-refractivity contribution >= 4 is 11.8 Å². The maximum absolute atomic E-state index is 12.8. The maximum atomic E-state index is 12.8. The van der Waals surface area contributed by atoms with E-state index in [1.807, 2.05) is 37.3 Å². The lowest BCUT2D eigenvalue weighted by Crippen LogP contribution is -2.51. The van der Waals surface area contributed by atoms with Gasteiger partial charge in [0.1, 0.15) is 11.5 Å². The fourth-order valence-corrected chi connectivity index (χ4v) is 4.03. The van der Waals surface area contributed by atoms with E-state index in [0.717, 1.165) is 12.0 Å². The summed E-state index contributed by atoms with van der Waals surface area (Å²) < 4.78 is 5.78. The monoisotopic (exact) mass is 316 g/mol. The molecule has 1 aliphatic carbocycles. The molecule has 1 heterocycles. The van der Waals surface area contributed by atoms with E-state index in [2.05, 4.69) is 0 Å². The molecule has 4 heteroatoms. The molecule has 1 aromatic carbocycles. The molecule has 2 aliphatic rings. The van der Waals surface area contributed by atoms with Crippen LogP contribution in [0.25, 0.3) is 0 Å². The zero-order valence-corrected chi connectivity index (χ0v) is 13.5. The number of carbonyl (C=O) groups excluding carboxylic acids is 2. The van der Waals surface area contributed by atoms with Crippen molar-refractivity contribution in [1.82, 2.24) is 0 Å². The Morgan fingerprint density at radius 1 is 1.22 bits per heavy atom. The molecule has 2 fully saturated rings. The topological polar surface area (TPSA) is 63.6 Å². The summed E-state index contributed by atoms with van der Waals surface area (Å²) in [5.74, 6) is -1.20. The summed E-state index contributed by atoms with van der Waals surface area (Å²) in [7, 11) is 0. The first-order valence-electron chi connectivity index (χ1n) is 8.53. The van der Waals surface area contributed by atoms with E-state index in [0.29, 0.717) is 32.1 Å². The minimum absolute atomic E-state index is 0.00616. The molecule has 1 saturated carbocycles. The number of rotatable bonds is 3. The molecule has 0 aromatic heterocycles. The molecule has 1 spiro atoms. The summed E-state index contributed by atoms with van der Waals surface area (Å²) in [5, 5.41) is 9.66. The van der Waals surface area contributed by atoms with Crippen molar-refractivity contribution in [2.45, 2.75) is 63.1 Å². The van der Waals surface area contributed by atoms with E-state index in [4.69, 9.17) is 4.74 Å². The van der Waals surface area contributed by atoms with Crippen molar-refractivity contribution in [2.24, 2.45) is 5.92 Å². The highest BCUT2D eigenvalue weighted by atomic mass is 16.6. The SMILES string of the molecule is CCC(c1ccccc1)C1C(=O)CC2(CCC(O)CC2)OC1=O. The molecule has 4 nitrogen and oxygen atoms in total. The van der Waals surface area contributed by atoms with Crippen molar-refractivity contribution in [1.29, 1.82) is 0 Å². The Bertz CT molecular complexity index is 552. The van der Waals surface area contributed by atoms with E-state index in [-0.39, 0.29) is 23.8 Å². The average molecular weight is 316 g/mol. The molecule has 2 atom stereocenters. The lowest BCUT2D eigenvalue weighted by molar-refractivity contribution is -0.184. The lowest BCUT2D eigenvalue weighted by atomic mass is 9.72. The summed E-state index contributed by atoms with van der Waals surface area (Å²) in [6.07, 6.45) is 3.05. The van der Waals surface area contributed by atoms with E-state index in [9.17, 15) is 14.7 Å². The van der Waals surface area contributed by atoms with Crippen LogP contribution >= 0.6 is 0 Å². The Kier molecular flexibility index (Phi) is 4.53. The normalized spacial score (nSPS) is 32.6. The number of carbonyl (C=O) groups is 2.